The van der Waals surface area contributed by atoms with Gasteiger partial charge in [0.2, 0.25) is 0 Å². The molecule has 3 rings (SSSR count). The molecule has 0 spiro atoms. The first-order valence-electron chi connectivity index (χ1n) is 7.89. The number of piperidine rings is 1. The van der Waals surface area contributed by atoms with Gasteiger partial charge in [-0.2, -0.15) is 0 Å². The van der Waals surface area contributed by atoms with E-state index in [-0.39, 0.29) is 12.1 Å². The third-order valence-corrected chi connectivity index (χ3v) is 3.83. The summed E-state index contributed by atoms with van der Waals surface area (Å²) >= 11 is 0. The van der Waals surface area contributed by atoms with E-state index in [1.54, 1.807) is 30.5 Å². The number of ether oxygens (including phenoxy) is 2. The van der Waals surface area contributed by atoms with Gasteiger partial charge in [-0.25, -0.2) is 14.8 Å². The number of aromatic nitrogens is 2. The largest absolute Gasteiger partial charge is 0.495 e. The molecule has 1 N–H and O–H groups in total. The van der Waals surface area contributed by atoms with Crippen LogP contribution in [0.3, 0.4) is 0 Å². The molecule has 2 heterocycles. The highest BCUT2D eigenvalue weighted by molar-refractivity contribution is 5.91. The number of amides is 2. The number of benzene rings is 1. The second-order valence-electron chi connectivity index (χ2n) is 5.49. The summed E-state index contributed by atoms with van der Waals surface area (Å²) in [6.07, 6.45) is 4.91. The third kappa shape index (κ3) is 3.92. The first-order valence-corrected chi connectivity index (χ1v) is 7.89. The van der Waals surface area contributed by atoms with Crippen molar-refractivity contribution in [3.8, 4) is 11.8 Å². The Kier molecular flexibility index (Phi) is 5.10. The molecule has 7 heteroatoms. The van der Waals surface area contributed by atoms with Crippen LogP contribution in [0.1, 0.15) is 12.8 Å². The molecule has 1 aliphatic heterocycles. The number of anilines is 1. The Morgan fingerprint density at radius 2 is 2.04 bits per heavy atom. The summed E-state index contributed by atoms with van der Waals surface area (Å²) < 4.78 is 11.0. The van der Waals surface area contributed by atoms with E-state index in [9.17, 15) is 4.79 Å². The van der Waals surface area contributed by atoms with Crippen LogP contribution < -0.4 is 14.8 Å². The van der Waals surface area contributed by atoms with E-state index in [4.69, 9.17) is 9.47 Å². The number of carbonyl (C=O) groups is 1. The number of hydrogen-bond donors (Lipinski definition) is 1. The first-order chi connectivity index (χ1) is 11.8. The Morgan fingerprint density at radius 3 is 2.83 bits per heavy atom. The number of rotatable bonds is 4. The maximum atomic E-state index is 12.5. The Hall–Kier alpha value is -2.83. The van der Waals surface area contributed by atoms with Crippen molar-refractivity contribution in [1.82, 2.24) is 14.9 Å². The van der Waals surface area contributed by atoms with E-state index in [1.165, 1.54) is 0 Å². The van der Waals surface area contributed by atoms with Crippen molar-refractivity contribution in [1.29, 1.82) is 0 Å². The maximum Gasteiger partial charge on any atom is 0.322 e. The highest BCUT2D eigenvalue weighted by Crippen LogP contribution is 2.24. The molecule has 1 fully saturated rings. The van der Waals surface area contributed by atoms with E-state index >= 15 is 0 Å². The Morgan fingerprint density at radius 1 is 1.25 bits per heavy atom. The molecule has 24 heavy (non-hydrogen) atoms. The van der Waals surface area contributed by atoms with Crippen molar-refractivity contribution in [3.63, 3.8) is 0 Å². The van der Waals surface area contributed by atoms with Crippen molar-refractivity contribution >= 4 is 11.7 Å². The summed E-state index contributed by atoms with van der Waals surface area (Å²) in [5, 5.41) is 2.89. The van der Waals surface area contributed by atoms with Gasteiger partial charge < -0.3 is 19.7 Å². The maximum absolute atomic E-state index is 12.5. The smallest absolute Gasteiger partial charge is 0.322 e. The molecule has 2 amide bonds. The van der Waals surface area contributed by atoms with Gasteiger partial charge in [0.05, 0.1) is 19.3 Å². The summed E-state index contributed by atoms with van der Waals surface area (Å²) in [4.78, 5) is 22.4. The molecule has 1 unspecified atom stereocenters. The lowest BCUT2D eigenvalue weighted by Crippen LogP contribution is -2.46. The quantitative estimate of drug-likeness (QED) is 0.933. The van der Waals surface area contributed by atoms with E-state index in [1.807, 2.05) is 24.3 Å². The summed E-state index contributed by atoms with van der Waals surface area (Å²) in [5.74, 6) is 0.633. The number of nitrogens with zero attached hydrogens (tertiary/aromatic N) is 3. The average molecular weight is 328 g/mol. The van der Waals surface area contributed by atoms with Crippen LogP contribution >= 0.6 is 0 Å². The van der Waals surface area contributed by atoms with Crippen LogP contribution in [0.2, 0.25) is 0 Å². The van der Waals surface area contributed by atoms with Crippen LogP contribution in [0.25, 0.3) is 0 Å². The lowest BCUT2D eigenvalue weighted by atomic mass is 10.1. The second-order valence-corrected chi connectivity index (χ2v) is 5.49. The molecule has 1 atom stereocenters. The van der Waals surface area contributed by atoms with Gasteiger partial charge in [0.25, 0.3) is 0 Å². The molecule has 0 aliphatic carbocycles. The van der Waals surface area contributed by atoms with E-state index < -0.39 is 0 Å². The fourth-order valence-electron chi connectivity index (χ4n) is 2.66. The molecular weight excluding hydrogens is 308 g/mol. The summed E-state index contributed by atoms with van der Waals surface area (Å²) in [7, 11) is 1.58. The first kappa shape index (κ1) is 16.0. The summed E-state index contributed by atoms with van der Waals surface area (Å²) in [5.41, 5.74) is 0.652. The van der Waals surface area contributed by atoms with Gasteiger partial charge in [0, 0.05) is 18.9 Å². The monoisotopic (exact) mass is 328 g/mol. The Balaban J connectivity index is 1.60. The van der Waals surface area contributed by atoms with Crippen LogP contribution in [-0.2, 0) is 0 Å². The molecule has 1 aromatic carbocycles. The van der Waals surface area contributed by atoms with Crippen molar-refractivity contribution in [3.05, 3.63) is 42.7 Å². The molecule has 2 aromatic rings. The minimum absolute atomic E-state index is 0.107. The van der Waals surface area contributed by atoms with Crippen LogP contribution in [0, 0.1) is 0 Å². The number of carbonyl (C=O) groups excluding carboxylic acids is 1. The van der Waals surface area contributed by atoms with E-state index in [0.717, 1.165) is 12.8 Å². The topological polar surface area (TPSA) is 76.6 Å². The lowest BCUT2D eigenvalue weighted by molar-refractivity contribution is 0.0983. The third-order valence-electron chi connectivity index (χ3n) is 3.83. The van der Waals surface area contributed by atoms with Crippen molar-refractivity contribution in [2.45, 2.75) is 18.9 Å². The van der Waals surface area contributed by atoms with Crippen LogP contribution in [0.4, 0.5) is 10.5 Å². The zero-order valence-electron chi connectivity index (χ0n) is 13.5. The minimum atomic E-state index is -0.165. The highest BCUT2D eigenvalue weighted by atomic mass is 16.5. The van der Waals surface area contributed by atoms with Crippen LogP contribution in [0.15, 0.2) is 42.7 Å². The fraction of sp³-hybridized carbons (Fsp3) is 0.353. The Labute approximate surface area is 140 Å². The van der Waals surface area contributed by atoms with Crippen molar-refractivity contribution < 1.29 is 14.3 Å². The predicted molar refractivity (Wildman–Crippen MR) is 89.3 cm³/mol. The van der Waals surface area contributed by atoms with Gasteiger partial charge >= 0.3 is 12.0 Å². The van der Waals surface area contributed by atoms with Crippen molar-refractivity contribution in [2.24, 2.45) is 0 Å². The minimum Gasteiger partial charge on any atom is -0.495 e. The summed E-state index contributed by atoms with van der Waals surface area (Å²) in [6, 6.07) is 9.25. The van der Waals surface area contributed by atoms with Crippen LogP contribution in [-0.4, -0.2) is 47.2 Å². The summed E-state index contributed by atoms with van der Waals surface area (Å²) in [6.45, 7) is 1.19. The number of para-hydroxylation sites is 2. The second kappa shape index (κ2) is 7.63. The van der Waals surface area contributed by atoms with Gasteiger partial charge in [-0.1, -0.05) is 12.1 Å². The number of hydrogen-bond acceptors (Lipinski definition) is 5. The fourth-order valence-corrected chi connectivity index (χ4v) is 2.66. The molecule has 1 saturated heterocycles. The SMILES string of the molecule is COc1ccccc1NC(=O)N1CCCC(Oc2ncccn2)C1. The zero-order chi connectivity index (χ0) is 16.8. The molecule has 0 radical (unpaired) electrons. The van der Waals surface area contributed by atoms with Gasteiger partial charge in [-0.3, -0.25) is 0 Å². The zero-order valence-corrected chi connectivity index (χ0v) is 13.5. The molecule has 0 bridgehead atoms. The molecule has 7 nitrogen and oxygen atoms in total. The number of urea groups is 1. The van der Waals surface area contributed by atoms with Gasteiger partial charge in [-0.15, -0.1) is 0 Å². The van der Waals surface area contributed by atoms with E-state index in [0.29, 0.717) is 30.5 Å². The molecular formula is C17H20N4O3. The predicted octanol–water partition coefficient (Wildman–Crippen LogP) is 2.56. The highest BCUT2D eigenvalue weighted by Gasteiger charge is 2.26. The van der Waals surface area contributed by atoms with Crippen molar-refractivity contribution in [2.75, 3.05) is 25.5 Å². The molecule has 1 aromatic heterocycles. The Bertz CT molecular complexity index is 681. The number of likely N-dealkylation sites (tertiary alicyclic amines) is 1. The van der Waals surface area contributed by atoms with Crippen LogP contribution in [0.5, 0.6) is 11.8 Å². The number of methoxy groups -OCH3 is 1. The van der Waals surface area contributed by atoms with Gasteiger partial charge in [0.15, 0.2) is 0 Å². The average Bonchev–Trinajstić information content (AvgIpc) is 2.63. The number of nitrogens with one attached hydrogen (secondary N) is 1. The van der Waals surface area contributed by atoms with Gasteiger partial charge in [-0.05, 0) is 31.0 Å². The normalized spacial score (nSPS) is 17.2. The molecule has 1 aliphatic rings. The standard InChI is InChI=1S/C17H20N4O3/c1-23-15-8-3-2-7-14(15)20-17(22)21-11-4-6-13(12-21)24-16-18-9-5-10-19-16/h2-3,5,7-10,13H,4,6,11-12H2,1H3,(H,20,22). The molecule has 0 saturated carbocycles. The van der Waals surface area contributed by atoms with E-state index in [2.05, 4.69) is 15.3 Å². The molecule has 126 valence electrons. The van der Waals surface area contributed by atoms with Gasteiger partial charge in [0.1, 0.15) is 11.9 Å². The lowest BCUT2D eigenvalue weighted by Gasteiger charge is -2.32.